The predicted molar refractivity (Wildman–Crippen MR) is 80.7 cm³/mol. The number of aryl methyl sites for hydroxylation is 1. The Kier molecular flexibility index (Phi) is 4.25. The highest BCUT2D eigenvalue weighted by molar-refractivity contribution is 8.00. The lowest BCUT2D eigenvalue weighted by Crippen LogP contribution is -2.33. The van der Waals surface area contributed by atoms with E-state index in [0.29, 0.717) is 17.3 Å². The first-order chi connectivity index (χ1) is 8.50. The summed E-state index contributed by atoms with van der Waals surface area (Å²) < 4.78 is 2.12. The van der Waals surface area contributed by atoms with E-state index in [2.05, 4.69) is 61.5 Å². The van der Waals surface area contributed by atoms with Gasteiger partial charge in [-0.3, -0.25) is 4.68 Å². The van der Waals surface area contributed by atoms with E-state index in [0.717, 1.165) is 5.69 Å². The van der Waals surface area contributed by atoms with E-state index >= 15 is 0 Å². The minimum absolute atomic E-state index is 0.428. The molecule has 0 bridgehead atoms. The van der Waals surface area contributed by atoms with Crippen molar-refractivity contribution in [2.45, 2.75) is 64.8 Å². The first kappa shape index (κ1) is 13.8. The number of nitrogens with zero attached hydrogens (tertiary/aromatic N) is 2. The van der Waals surface area contributed by atoms with Crippen LogP contribution in [0.5, 0.6) is 0 Å². The zero-order valence-electron chi connectivity index (χ0n) is 12.2. The van der Waals surface area contributed by atoms with Gasteiger partial charge in [0, 0.05) is 17.3 Å². The van der Waals surface area contributed by atoms with Gasteiger partial charge in [0.1, 0.15) is 0 Å². The van der Waals surface area contributed by atoms with Crippen LogP contribution >= 0.6 is 11.8 Å². The maximum Gasteiger partial charge on any atom is 0.0828 e. The van der Waals surface area contributed by atoms with Crippen molar-refractivity contribution < 1.29 is 0 Å². The molecule has 1 fully saturated rings. The maximum absolute atomic E-state index is 4.65. The summed E-state index contributed by atoms with van der Waals surface area (Å²) in [6.45, 7) is 11.0. The molecule has 2 atom stereocenters. The third kappa shape index (κ3) is 2.68. The van der Waals surface area contributed by atoms with Gasteiger partial charge < -0.3 is 5.32 Å². The van der Waals surface area contributed by atoms with E-state index in [1.807, 2.05) is 0 Å². The zero-order valence-corrected chi connectivity index (χ0v) is 13.0. The van der Waals surface area contributed by atoms with Gasteiger partial charge in [-0.15, -0.1) is 0 Å². The Morgan fingerprint density at radius 2 is 2.11 bits per heavy atom. The monoisotopic (exact) mass is 267 g/mol. The maximum atomic E-state index is 4.65. The van der Waals surface area contributed by atoms with Gasteiger partial charge in [0.05, 0.1) is 17.1 Å². The summed E-state index contributed by atoms with van der Waals surface area (Å²) in [6.07, 6.45) is 2.60. The molecule has 2 unspecified atom stereocenters. The summed E-state index contributed by atoms with van der Waals surface area (Å²) >= 11 is 2.08. The molecule has 0 aromatic carbocycles. The standard InChI is InChI=1S/C14H25N3S/c1-9(2)17-11(4)14(10(3)16-17)15-13-7-6-8-18-12(13)5/h9,12-13,15H,6-8H2,1-5H3. The minimum Gasteiger partial charge on any atom is -0.378 e. The first-order valence-corrected chi connectivity index (χ1v) is 7.99. The van der Waals surface area contributed by atoms with Gasteiger partial charge in [0.15, 0.2) is 0 Å². The van der Waals surface area contributed by atoms with Crippen LogP contribution in [0.3, 0.4) is 0 Å². The quantitative estimate of drug-likeness (QED) is 0.904. The largest absolute Gasteiger partial charge is 0.378 e. The fraction of sp³-hybridized carbons (Fsp3) is 0.786. The molecule has 0 amide bonds. The number of anilines is 1. The summed E-state index contributed by atoms with van der Waals surface area (Å²) in [5.41, 5.74) is 3.65. The number of hydrogen-bond donors (Lipinski definition) is 1. The lowest BCUT2D eigenvalue weighted by atomic mass is 10.1. The lowest BCUT2D eigenvalue weighted by Gasteiger charge is -2.30. The molecule has 102 valence electrons. The van der Waals surface area contributed by atoms with Crippen LogP contribution in [0.15, 0.2) is 0 Å². The Morgan fingerprint density at radius 1 is 1.39 bits per heavy atom. The Morgan fingerprint density at radius 3 is 2.67 bits per heavy atom. The lowest BCUT2D eigenvalue weighted by molar-refractivity contribution is 0.516. The predicted octanol–water partition coefficient (Wildman–Crippen LogP) is 3.78. The van der Waals surface area contributed by atoms with E-state index in [4.69, 9.17) is 0 Å². The Balaban J connectivity index is 2.18. The minimum atomic E-state index is 0.428. The fourth-order valence-corrected chi connectivity index (χ4v) is 3.81. The molecule has 0 aliphatic carbocycles. The van der Waals surface area contributed by atoms with E-state index in [1.54, 1.807) is 0 Å². The molecule has 18 heavy (non-hydrogen) atoms. The summed E-state index contributed by atoms with van der Waals surface area (Å²) in [7, 11) is 0. The average molecular weight is 267 g/mol. The molecule has 2 rings (SSSR count). The summed E-state index contributed by atoms with van der Waals surface area (Å²) in [5.74, 6) is 1.31. The number of thioether (sulfide) groups is 1. The summed E-state index contributed by atoms with van der Waals surface area (Å²) in [4.78, 5) is 0. The van der Waals surface area contributed by atoms with Crippen molar-refractivity contribution in [3.05, 3.63) is 11.4 Å². The molecule has 0 spiro atoms. The Hall–Kier alpha value is -0.640. The molecule has 1 aliphatic rings. The van der Waals surface area contributed by atoms with Crippen LogP contribution in [-0.2, 0) is 0 Å². The van der Waals surface area contributed by atoms with Gasteiger partial charge >= 0.3 is 0 Å². The topological polar surface area (TPSA) is 29.9 Å². The van der Waals surface area contributed by atoms with Crippen molar-refractivity contribution in [2.24, 2.45) is 0 Å². The second kappa shape index (κ2) is 5.55. The van der Waals surface area contributed by atoms with Gasteiger partial charge in [-0.05, 0) is 46.3 Å². The molecule has 1 aliphatic heterocycles. The second-order valence-corrected chi connectivity index (χ2v) is 7.04. The van der Waals surface area contributed by atoms with Crippen molar-refractivity contribution in [1.82, 2.24) is 9.78 Å². The molecule has 1 N–H and O–H groups in total. The second-order valence-electron chi connectivity index (χ2n) is 5.55. The van der Waals surface area contributed by atoms with E-state index in [-0.39, 0.29) is 0 Å². The molecule has 1 saturated heterocycles. The van der Waals surface area contributed by atoms with Gasteiger partial charge in [0.2, 0.25) is 0 Å². The molecule has 0 radical (unpaired) electrons. The third-order valence-electron chi connectivity index (χ3n) is 3.75. The number of rotatable bonds is 3. The van der Waals surface area contributed by atoms with Gasteiger partial charge in [-0.25, -0.2) is 0 Å². The van der Waals surface area contributed by atoms with Gasteiger partial charge in [-0.1, -0.05) is 6.92 Å². The highest BCUT2D eigenvalue weighted by atomic mass is 32.2. The number of nitrogens with one attached hydrogen (secondary N) is 1. The first-order valence-electron chi connectivity index (χ1n) is 6.94. The van der Waals surface area contributed by atoms with E-state index in [1.165, 1.54) is 30.0 Å². The normalized spacial score (nSPS) is 24.6. The highest BCUT2D eigenvalue weighted by Gasteiger charge is 2.24. The average Bonchev–Trinajstić information content (AvgIpc) is 2.60. The van der Waals surface area contributed by atoms with Crippen molar-refractivity contribution in [2.75, 3.05) is 11.1 Å². The van der Waals surface area contributed by atoms with Crippen LogP contribution in [0, 0.1) is 13.8 Å². The van der Waals surface area contributed by atoms with E-state index < -0.39 is 0 Å². The smallest absolute Gasteiger partial charge is 0.0828 e. The van der Waals surface area contributed by atoms with Crippen molar-refractivity contribution in [3.8, 4) is 0 Å². The molecule has 3 nitrogen and oxygen atoms in total. The summed E-state index contributed by atoms with van der Waals surface area (Å²) in [5, 5.41) is 9.08. The molecule has 4 heteroatoms. The number of aromatic nitrogens is 2. The zero-order chi connectivity index (χ0) is 13.3. The fourth-order valence-electron chi connectivity index (χ4n) is 2.67. The number of hydrogen-bond acceptors (Lipinski definition) is 3. The van der Waals surface area contributed by atoms with Crippen molar-refractivity contribution in [3.63, 3.8) is 0 Å². The van der Waals surface area contributed by atoms with Crippen LogP contribution in [0.4, 0.5) is 5.69 Å². The molecular formula is C14H25N3S. The molecule has 1 aromatic heterocycles. The van der Waals surface area contributed by atoms with E-state index in [9.17, 15) is 0 Å². The molecule has 0 saturated carbocycles. The van der Waals surface area contributed by atoms with Crippen LogP contribution in [-0.4, -0.2) is 26.8 Å². The SMILES string of the molecule is Cc1nn(C(C)C)c(C)c1NC1CCCSC1C. The molecule has 2 heterocycles. The molecule has 1 aromatic rings. The van der Waals surface area contributed by atoms with Gasteiger partial charge in [-0.2, -0.15) is 16.9 Å². The van der Waals surface area contributed by atoms with Crippen LogP contribution < -0.4 is 5.32 Å². The van der Waals surface area contributed by atoms with Gasteiger partial charge in [0.25, 0.3) is 0 Å². The Labute approximate surface area is 115 Å². The van der Waals surface area contributed by atoms with Crippen LogP contribution in [0.1, 0.15) is 51.0 Å². The molecular weight excluding hydrogens is 242 g/mol. The van der Waals surface area contributed by atoms with Crippen LogP contribution in [0.2, 0.25) is 0 Å². The van der Waals surface area contributed by atoms with Crippen molar-refractivity contribution >= 4 is 17.4 Å². The Bertz CT molecular complexity index is 411. The van der Waals surface area contributed by atoms with Crippen LogP contribution in [0.25, 0.3) is 0 Å². The van der Waals surface area contributed by atoms with Crippen molar-refractivity contribution in [1.29, 1.82) is 0 Å². The summed E-state index contributed by atoms with van der Waals surface area (Å²) in [6, 6.07) is 1.02. The highest BCUT2D eigenvalue weighted by Crippen LogP contribution is 2.30. The third-order valence-corrected chi connectivity index (χ3v) is 5.13.